The molecule has 3 fully saturated rings. The highest BCUT2D eigenvalue weighted by Gasteiger charge is 2.39. The smallest absolute Gasteiger partial charge is 0.326 e. The lowest BCUT2D eigenvalue weighted by Gasteiger charge is -2.42. The van der Waals surface area contributed by atoms with Crippen molar-refractivity contribution in [2.24, 2.45) is 0 Å². The van der Waals surface area contributed by atoms with Crippen molar-refractivity contribution in [3.63, 3.8) is 0 Å². The number of benzene rings is 1. The second-order valence-corrected chi connectivity index (χ2v) is 9.41. The van der Waals surface area contributed by atoms with Crippen molar-refractivity contribution in [1.29, 1.82) is 0 Å². The molecule has 1 aromatic carbocycles. The van der Waals surface area contributed by atoms with Crippen LogP contribution in [-0.4, -0.2) is 70.6 Å². The molecule has 0 radical (unpaired) electrons. The lowest BCUT2D eigenvalue weighted by atomic mass is 9.91. The largest absolute Gasteiger partial charge is 0.356 e. The van der Waals surface area contributed by atoms with Gasteiger partial charge in [-0.05, 0) is 76.7 Å². The fraction of sp³-hybridized carbons (Fsp3) is 0.625. The van der Waals surface area contributed by atoms with Crippen LogP contribution in [0.2, 0.25) is 0 Å². The Morgan fingerprint density at radius 2 is 1.84 bits per heavy atom. The maximum Gasteiger partial charge on any atom is 0.326 e. The van der Waals surface area contributed by atoms with Crippen LogP contribution < -0.4 is 0 Å². The van der Waals surface area contributed by atoms with E-state index in [1.165, 1.54) is 17.0 Å². The number of aromatic nitrogens is 1. The number of imide groups is 1. The van der Waals surface area contributed by atoms with Crippen molar-refractivity contribution in [2.75, 3.05) is 32.7 Å². The molecular weight excluding hydrogens is 411 g/mol. The van der Waals surface area contributed by atoms with E-state index in [9.17, 15) is 14.0 Å². The molecule has 32 heavy (non-hydrogen) atoms. The number of carbonyl (C=O) groups is 2. The lowest BCUT2D eigenvalue weighted by Crippen LogP contribution is -2.58. The van der Waals surface area contributed by atoms with Gasteiger partial charge in [0.2, 0.25) is 5.91 Å². The Balaban J connectivity index is 1.06. The Morgan fingerprint density at radius 3 is 2.69 bits per heavy atom. The van der Waals surface area contributed by atoms with E-state index in [0.717, 1.165) is 82.2 Å². The Kier molecular flexibility index (Phi) is 6.13. The predicted molar refractivity (Wildman–Crippen MR) is 118 cm³/mol. The Labute approximate surface area is 187 Å². The number of halogens is 1. The van der Waals surface area contributed by atoms with Gasteiger partial charge in [0.1, 0.15) is 5.82 Å². The number of rotatable bonds is 6. The van der Waals surface area contributed by atoms with E-state index in [1.807, 2.05) is 4.90 Å². The minimum absolute atomic E-state index is 0.00122. The first kappa shape index (κ1) is 21.4. The van der Waals surface area contributed by atoms with Gasteiger partial charge in [-0.3, -0.25) is 9.69 Å². The van der Waals surface area contributed by atoms with Crippen molar-refractivity contribution in [1.82, 2.24) is 19.9 Å². The van der Waals surface area contributed by atoms with Gasteiger partial charge in [-0.1, -0.05) is 5.16 Å². The summed E-state index contributed by atoms with van der Waals surface area (Å²) in [5, 5.41) is 5.14. The van der Waals surface area contributed by atoms with Crippen LogP contribution in [0.3, 0.4) is 0 Å². The third-order valence-electron chi connectivity index (χ3n) is 7.36. The number of carbonyl (C=O) groups excluding carboxylic acids is 2. The Hall–Kier alpha value is -2.48. The third-order valence-corrected chi connectivity index (χ3v) is 7.36. The number of unbranched alkanes of at least 4 members (excludes halogenated alkanes) is 1. The lowest BCUT2D eigenvalue weighted by molar-refractivity contribution is -0.133. The summed E-state index contributed by atoms with van der Waals surface area (Å²) in [5.74, 6) is 0.0245. The van der Waals surface area contributed by atoms with E-state index in [2.05, 4.69) is 10.1 Å². The van der Waals surface area contributed by atoms with Crippen molar-refractivity contribution in [2.45, 2.75) is 63.3 Å². The summed E-state index contributed by atoms with van der Waals surface area (Å²) < 4.78 is 18.7. The number of amides is 3. The molecule has 5 rings (SSSR count). The number of likely N-dealkylation sites (tertiary alicyclic amines) is 1. The second kappa shape index (κ2) is 9.17. The molecule has 3 aliphatic rings. The first-order chi connectivity index (χ1) is 15.6. The van der Waals surface area contributed by atoms with E-state index in [1.54, 1.807) is 6.07 Å². The normalized spacial score (nSPS) is 23.2. The van der Waals surface area contributed by atoms with Gasteiger partial charge < -0.3 is 14.3 Å². The number of hydrogen-bond acceptors (Lipinski definition) is 5. The van der Waals surface area contributed by atoms with Crippen LogP contribution >= 0.6 is 0 Å². The molecule has 3 aliphatic heterocycles. The molecule has 2 aromatic rings. The summed E-state index contributed by atoms with van der Waals surface area (Å²) in [5.41, 5.74) is 1.46. The molecule has 0 unspecified atom stereocenters. The number of hydrogen-bond donors (Lipinski definition) is 0. The first-order valence-electron chi connectivity index (χ1n) is 12.0. The van der Waals surface area contributed by atoms with Crippen LogP contribution in [0.15, 0.2) is 22.7 Å². The van der Waals surface area contributed by atoms with Gasteiger partial charge in [-0.15, -0.1) is 0 Å². The van der Waals surface area contributed by atoms with E-state index >= 15 is 0 Å². The topological polar surface area (TPSA) is 69.9 Å². The van der Waals surface area contributed by atoms with Crippen molar-refractivity contribution >= 4 is 22.9 Å². The van der Waals surface area contributed by atoms with Crippen LogP contribution in [0.4, 0.5) is 9.18 Å². The van der Waals surface area contributed by atoms with Gasteiger partial charge in [-0.2, -0.15) is 0 Å². The molecule has 8 heteroatoms. The molecule has 3 saturated heterocycles. The molecule has 0 aliphatic carbocycles. The molecule has 172 valence electrons. The fourth-order valence-corrected chi connectivity index (χ4v) is 5.52. The highest BCUT2D eigenvalue weighted by atomic mass is 19.1. The molecule has 0 N–H and O–H groups in total. The molecule has 0 bridgehead atoms. The molecule has 1 atom stereocenters. The van der Waals surface area contributed by atoms with Crippen LogP contribution in [-0.2, 0) is 4.79 Å². The standard InChI is InChI=1S/C24H31FN4O3/c25-18-6-7-20-21(15-18)32-26-23(20)17-8-13-27(14-9-17)10-3-4-12-29-22(30)16-19-5-1-2-11-28(19)24(29)31/h6-7,15,17,19H,1-5,8-14,16H2/t19-/m0/s1. The average Bonchev–Trinajstić information content (AvgIpc) is 3.22. The highest BCUT2D eigenvalue weighted by Crippen LogP contribution is 2.33. The average molecular weight is 443 g/mol. The third kappa shape index (κ3) is 4.25. The zero-order valence-electron chi connectivity index (χ0n) is 18.5. The number of piperidine rings is 2. The summed E-state index contributed by atoms with van der Waals surface area (Å²) >= 11 is 0. The van der Waals surface area contributed by atoms with E-state index in [-0.39, 0.29) is 23.8 Å². The van der Waals surface area contributed by atoms with Gasteiger partial charge in [0.05, 0.1) is 5.69 Å². The van der Waals surface area contributed by atoms with E-state index < -0.39 is 0 Å². The van der Waals surface area contributed by atoms with E-state index in [0.29, 0.717) is 24.5 Å². The quantitative estimate of drug-likeness (QED) is 0.629. The maximum absolute atomic E-state index is 13.4. The van der Waals surface area contributed by atoms with Gasteiger partial charge in [-0.25, -0.2) is 9.18 Å². The minimum atomic E-state index is -0.307. The fourth-order valence-electron chi connectivity index (χ4n) is 5.52. The van der Waals surface area contributed by atoms with Crippen LogP contribution in [0, 0.1) is 5.82 Å². The zero-order valence-corrected chi connectivity index (χ0v) is 18.5. The van der Waals surface area contributed by atoms with Gasteiger partial charge >= 0.3 is 6.03 Å². The summed E-state index contributed by atoms with van der Waals surface area (Å²) in [6.45, 7) is 4.26. The van der Waals surface area contributed by atoms with Gasteiger partial charge in [0.25, 0.3) is 0 Å². The van der Waals surface area contributed by atoms with Crippen molar-refractivity contribution < 1.29 is 18.5 Å². The summed E-state index contributed by atoms with van der Waals surface area (Å²) in [6.07, 6.45) is 7.42. The molecule has 4 heterocycles. The number of fused-ring (bicyclic) bond motifs is 2. The molecule has 7 nitrogen and oxygen atoms in total. The maximum atomic E-state index is 13.4. The highest BCUT2D eigenvalue weighted by molar-refractivity contribution is 5.97. The summed E-state index contributed by atoms with van der Waals surface area (Å²) in [6, 6.07) is 4.66. The number of nitrogens with zero attached hydrogens (tertiary/aromatic N) is 4. The second-order valence-electron chi connectivity index (χ2n) is 9.41. The molecule has 0 spiro atoms. The predicted octanol–water partition coefficient (Wildman–Crippen LogP) is 4.13. The molecular formula is C24H31FN4O3. The Morgan fingerprint density at radius 1 is 1.03 bits per heavy atom. The Bertz CT molecular complexity index is 985. The van der Waals surface area contributed by atoms with Crippen LogP contribution in [0.25, 0.3) is 11.0 Å². The molecule has 1 aromatic heterocycles. The molecule has 3 amide bonds. The van der Waals surface area contributed by atoms with Gasteiger partial charge in [0.15, 0.2) is 5.58 Å². The van der Waals surface area contributed by atoms with Crippen LogP contribution in [0.1, 0.15) is 63.0 Å². The summed E-state index contributed by atoms with van der Waals surface area (Å²) in [4.78, 5) is 31.0. The zero-order chi connectivity index (χ0) is 22.1. The molecule has 0 saturated carbocycles. The van der Waals surface area contributed by atoms with Gasteiger partial charge in [0, 0.05) is 42.9 Å². The SMILES string of the molecule is O=C1C[C@@H]2CCCCN2C(=O)N1CCCCN1CCC(c2noc3cc(F)ccc23)CC1. The number of urea groups is 1. The van der Waals surface area contributed by atoms with Crippen molar-refractivity contribution in [3.8, 4) is 0 Å². The monoisotopic (exact) mass is 442 g/mol. The first-order valence-corrected chi connectivity index (χ1v) is 12.0. The summed E-state index contributed by atoms with van der Waals surface area (Å²) in [7, 11) is 0. The van der Waals surface area contributed by atoms with Crippen LogP contribution in [0.5, 0.6) is 0 Å². The minimum Gasteiger partial charge on any atom is -0.356 e. The van der Waals surface area contributed by atoms with Crippen molar-refractivity contribution in [3.05, 3.63) is 29.7 Å². The van der Waals surface area contributed by atoms with E-state index in [4.69, 9.17) is 4.52 Å².